The summed E-state index contributed by atoms with van der Waals surface area (Å²) in [6.07, 6.45) is 3.61. The minimum atomic E-state index is -0.678. The number of ether oxygens (including phenoxy) is 3. The van der Waals surface area contributed by atoms with E-state index in [1.165, 1.54) is 12.0 Å². The van der Waals surface area contributed by atoms with Crippen LogP contribution in [0.1, 0.15) is 61.6 Å². The van der Waals surface area contributed by atoms with Crippen LogP contribution in [0.5, 0.6) is 0 Å². The van der Waals surface area contributed by atoms with Gasteiger partial charge in [-0.2, -0.15) is 0 Å². The van der Waals surface area contributed by atoms with Crippen LogP contribution in [0.4, 0.5) is 4.79 Å². The first kappa shape index (κ1) is 28.1. The van der Waals surface area contributed by atoms with Crippen LogP contribution in [0.2, 0.25) is 5.02 Å². The highest BCUT2D eigenvalue weighted by molar-refractivity contribution is 6.36. The van der Waals surface area contributed by atoms with Gasteiger partial charge in [0.25, 0.3) is 5.91 Å². The largest absolute Gasteiger partial charge is 0.463 e. The molecule has 2 amide bonds. The summed E-state index contributed by atoms with van der Waals surface area (Å²) in [6, 6.07) is 4.87. The van der Waals surface area contributed by atoms with Crippen LogP contribution in [-0.4, -0.2) is 84.4 Å². The molecule has 0 spiro atoms. The molecule has 1 aromatic heterocycles. The predicted octanol–water partition coefficient (Wildman–Crippen LogP) is 4.41. The summed E-state index contributed by atoms with van der Waals surface area (Å²) in [7, 11) is 1.51. The Balaban J connectivity index is 1.53. The van der Waals surface area contributed by atoms with Crippen molar-refractivity contribution in [2.45, 2.75) is 64.5 Å². The molecule has 1 saturated heterocycles. The number of carbonyl (C=O) groups excluding carboxylic acids is 3. The number of aromatic nitrogens is 1. The summed E-state index contributed by atoms with van der Waals surface area (Å²) in [5, 5.41) is 1.57. The quantitative estimate of drug-likeness (QED) is 0.496. The van der Waals surface area contributed by atoms with E-state index in [0.29, 0.717) is 17.6 Å². The zero-order chi connectivity index (χ0) is 27.4. The van der Waals surface area contributed by atoms with Crippen LogP contribution >= 0.6 is 11.6 Å². The molecule has 1 atom stereocenters. The fourth-order valence-corrected chi connectivity index (χ4v) is 5.24. The van der Waals surface area contributed by atoms with Crippen LogP contribution in [0, 0.1) is 0 Å². The van der Waals surface area contributed by atoms with Gasteiger partial charge >= 0.3 is 12.1 Å². The normalized spacial score (nSPS) is 17.8. The number of rotatable bonds is 6. The second-order valence-electron chi connectivity index (χ2n) is 10.8. The van der Waals surface area contributed by atoms with E-state index < -0.39 is 23.7 Å². The number of hydrogen-bond donors (Lipinski definition) is 0. The van der Waals surface area contributed by atoms with Crippen molar-refractivity contribution in [3.05, 3.63) is 40.0 Å². The molecule has 1 unspecified atom stereocenters. The third-order valence-corrected chi connectivity index (χ3v) is 7.22. The van der Waals surface area contributed by atoms with Gasteiger partial charge < -0.3 is 19.1 Å². The fraction of sp³-hybridized carbons (Fsp3) is 0.571. The Kier molecular flexibility index (Phi) is 8.78. The first-order valence-electron chi connectivity index (χ1n) is 13.1. The van der Waals surface area contributed by atoms with Gasteiger partial charge in [-0.3, -0.25) is 19.5 Å². The zero-order valence-corrected chi connectivity index (χ0v) is 23.3. The number of amides is 2. The summed E-state index contributed by atoms with van der Waals surface area (Å²) >= 11 is 6.71. The van der Waals surface area contributed by atoms with Crippen molar-refractivity contribution in [1.29, 1.82) is 0 Å². The standard InChI is InChI=1S/C28H36ClN3O6/c1-28(2,3)38-27(35)32-13-12-31(16-19(32)17-37-24(33)11-14-36-4)26(34)18-9-10-21-23(15-18)30-22-8-6-5-7-20(22)25(21)29/h9-10,15,19H,5-8,11-14,16-17H2,1-4H3. The monoisotopic (exact) mass is 545 g/mol. The Hall–Kier alpha value is -2.91. The van der Waals surface area contributed by atoms with E-state index in [9.17, 15) is 14.4 Å². The number of esters is 1. The number of fused-ring (bicyclic) bond motifs is 2. The molecule has 38 heavy (non-hydrogen) atoms. The first-order chi connectivity index (χ1) is 18.1. The number of pyridine rings is 1. The van der Waals surface area contributed by atoms with Crippen molar-refractivity contribution in [2.75, 3.05) is 40.0 Å². The van der Waals surface area contributed by atoms with Gasteiger partial charge in [0.2, 0.25) is 0 Å². The lowest BCUT2D eigenvalue weighted by Crippen LogP contribution is -2.59. The van der Waals surface area contributed by atoms with Crippen molar-refractivity contribution < 1.29 is 28.6 Å². The Morgan fingerprint density at radius 3 is 2.63 bits per heavy atom. The maximum Gasteiger partial charge on any atom is 0.410 e. The summed E-state index contributed by atoms with van der Waals surface area (Å²) in [4.78, 5) is 46.6. The number of hydrogen-bond acceptors (Lipinski definition) is 7. The Bertz CT molecular complexity index is 1210. The molecule has 0 N–H and O–H groups in total. The summed E-state index contributed by atoms with van der Waals surface area (Å²) in [5.74, 6) is -0.609. The average molecular weight is 546 g/mol. The molecule has 0 radical (unpaired) electrons. The summed E-state index contributed by atoms with van der Waals surface area (Å²) < 4.78 is 15.9. The van der Waals surface area contributed by atoms with Crippen molar-refractivity contribution in [3.63, 3.8) is 0 Å². The van der Waals surface area contributed by atoms with Gasteiger partial charge in [0.15, 0.2) is 0 Å². The van der Waals surface area contributed by atoms with Gasteiger partial charge in [-0.25, -0.2) is 4.79 Å². The van der Waals surface area contributed by atoms with Gasteiger partial charge in [0.1, 0.15) is 12.2 Å². The number of piperazine rings is 1. The minimum absolute atomic E-state index is 0.0490. The highest BCUT2D eigenvalue weighted by atomic mass is 35.5. The van der Waals surface area contributed by atoms with Crippen molar-refractivity contribution in [3.8, 4) is 0 Å². The number of methoxy groups -OCH3 is 1. The van der Waals surface area contributed by atoms with E-state index in [0.717, 1.165) is 47.3 Å². The molecule has 206 valence electrons. The highest BCUT2D eigenvalue weighted by Crippen LogP contribution is 2.33. The van der Waals surface area contributed by atoms with Crippen molar-refractivity contribution >= 4 is 40.5 Å². The smallest absolute Gasteiger partial charge is 0.410 e. The zero-order valence-electron chi connectivity index (χ0n) is 22.5. The number of benzene rings is 1. The maximum atomic E-state index is 13.6. The van der Waals surface area contributed by atoms with Gasteiger partial charge in [-0.15, -0.1) is 0 Å². The van der Waals surface area contributed by atoms with E-state index in [2.05, 4.69) is 0 Å². The van der Waals surface area contributed by atoms with E-state index in [1.54, 1.807) is 37.8 Å². The molecule has 2 aromatic rings. The second kappa shape index (κ2) is 11.9. The van der Waals surface area contributed by atoms with Gasteiger partial charge in [0.05, 0.1) is 29.6 Å². The first-order valence-corrected chi connectivity index (χ1v) is 13.5. The Labute approximate surface area is 228 Å². The molecule has 1 fully saturated rings. The van der Waals surface area contributed by atoms with Crippen molar-refractivity contribution in [2.24, 2.45) is 0 Å². The van der Waals surface area contributed by atoms with Gasteiger partial charge in [0, 0.05) is 43.4 Å². The summed E-state index contributed by atoms with van der Waals surface area (Å²) in [5.41, 5.74) is 2.66. The van der Waals surface area contributed by atoms with Gasteiger partial charge in [-0.1, -0.05) is 17.7 Å². The number of halogens is 1. The number of carbonyl (C=O) groups is 3. The Morgan fingerprint density at radius 1 is 1.13 bits per heavy atom. The van der Waals surface area contributed by atoms with E-state index >= 15 is 0 Å². The van der Waals surface area contributed by atoms with Gasteiger partial charge in [-0.05, 0) is 64.2 Å². The molecule has 2 aliphatic rings. The molecular formula is C28H36ClN3O6. The topological polar surface area (TPSA) is 98.3 Å². The van der Waals surface area contributed by atoms with Crippen LogP contribution < -0.4 is 0 Å². The summed E-state index contributed by atoms with van der Waals surface area (Å²) in [6.45, 7) is 6.35. The minimum Gasteiger partial charge on any atom is -0.463 e. The number of nitrogens with zero attached hydrogens (tertiary/aromatic N) is 3. The highest BCUT2D eigenvalue weighted by Gasteiger charge is 2.36. The van der Waals surface area contributed by atoms with E-state index in [-0.39, 0.29) is 38.6 Å². The molecule has 2 heterocycles. The average Bonchev–Trinajstić information content (AvgIpc) is 2.89. The van der Waals surface area contributed by atoms with Crippen LogP contribution in [0.25, 0.3) is 10.9 Å². The molecule has 10 heteroatoms. The maximum absolute atomic E-state index is 13.6. The lowest BCUT2D eigenvalue weighted by Gasteiger charge is -2.41. The molecule has 0 saturated carbocycles. The van der Waals surface area contributed by atoms with E-state index in [1.807, 2.05) is 6.07 Å². The third kappa shape index (κ3) is 6.56. The molecule has 1 aliphatic heterocycles. The molecule has 1 aliphatic carbocycles. The van der Waals surface area contributed by atoms with Crippen LogP contribution in [-0.2, 0) is 31.8 Å². The molecule has 9 nitrogen and oxygen atoms in total. The van der Waals surface area contributed by atoms with E-state index in [4.69, 9.17) is 30.8 Å². The number of aryl methyl sites for hydroxylation is 1. The SMILES string of the molecule is COCCC(=O)OCC1CN(C(=O)c2ccc3c(Cl)c4c(nc3c2)CCCC4)CCN1C(=O)OC(C)(C)C. The lowest BCUT2D eigenvalue weighted by molar-refractivity contribution is -0.147. The molecule has 1 aromatic carbocycles. The van der Waals surface area contributed by atoms with Crippen molar-refractivity contribution in [1.82, 2.24) is 14.8 Å². The molecule has 0 bridgehead atoms. The third-order valence-electron chi connectivity index (χ3n) is 6.79. The lowest BCUT2D eigenvalue weighted by atomic mass is 9.94. The Morgan fingerprint density at radius 2 is 1.89 bits per heavy atom. The van der Waals surface area contributed by atoms with Crippen LogP contribution in [0.15, 0.2) is 18.2 Å². The molecular weight excluding hydrogens is 510 g/mol. The predicted molar refractivity (Wildman–Crippen MR) is 143 cm³/mol. The molecule has 4 rings (SSSR count). The fourth-order valence-electron chi connectivity index (χ4n) is 4.87. The second-order valence-corrected chi connectivity index (χ2v) is 11.2. The van der Waals surface area contributed by atoms with Crippen LogP contribution in [0.3, 0.4) is 0 Å².